The van der Waals surface area contributed by atoms with E-state index in [-0.39, 0.29) is 6.04 Å². The molecule has 1 N–H and O–H groups in total. The molecule has 1 aliphatic rings. The largest absolute Gasteiger partial charge is 0.383 e. The van der Waals surface area contributed by atoms with Gasteiger partial charge in [0, 0.05) is 32.5 Å². The van der Waals surface area contributed by atoms with Gasteiger partial charge in [0.1, 0.15) is 0 Å². The highest BCUT2D eigenvalue weighted by molar-refractivity contribution is 7.90. The standard InChI is InChI=1S/C15H24N2O3S/c1-20-11-10-17-9-5-6-13(12-17)16-14-7-3-4-8-15(14)21(2,18)19/h3-4,7-8,13,16H,5-6,9-12H2,1-2H3/t13-/m1/s1. The molecule has 0 spiro atoms. The molecular weight excluding hydrogens is 288 g/mol. The van der Waals surface area contributed by atoms with Gasteiger partial charge in [-0.2, -0.15) is 0 Å². The predicted octanol–water partition coefficient (Wildman–Crippen LogP) is 1.61. The molecule has 0 bridgehead atoms. The number of piperidine rings is 1. The quantitative estimate of drug-likeness (QED) is 0.865. The number of rotatable bonds is 6. The van der Waals surface area contributed by atoms with Crippen LogP contribution in [0.1, 0.15) is 12.8 Å². The van der Waals surface area contributed by atoms with Gasteiger partial charge in [-0.05, 0) is 31.5 Å². The Bertz CT molecular complexity index is 560. The van der Waals surface area contributed by atoms with Crippen molar-refractivity contribution in [2.24, 2.45) is 0 Å². The lowest BCUT2D eigenvalue weighted by Gasteiger charge is -2.33. The SMILES string of the molecule is COCCN1CCC[C@@H](Nc2ccccc2S(C)(=O)=O)C1. The first kappa shape index (κ1) is 16.3. The third kappa shape index (κ3) is 4.69. The summed E-state index contributed by atoms with van der Waals surface area (Å²) in [6.07, 6.45) is 3.42. The molecule has 118 valence electrons. The second kappa shape index (κ2) is 7.24. The zero-order valence-corrected chi connectivity index (χ0v) is 13.5. The van der Waals surface area contributed by atoms with E-state index in [0.717, 1.165) is 39.1 Å². The van der Waals surface area contributed by atoms with Crippen molar-refractivity contribution in [3.05, 3.63) is 24.3 Å². The Morgan fingerprint density at radius 1 is 1.38 bits per heavy atom. The zero-order valence-electron chi connectivity index (χ0n) is 12.7. The summed E-state index contributed by atoms with van der Waals surface area (Å²) in [7, 11) is -1.50. The molecule has 0 unspecified atom stereocenters. The van der Waals surface area contributed by atoms with Crippen LogP contribution in [0.15, 0.2) is 29.2 Å². The number of ether oxygens (including phenoxy) is 1. The molecule has 0 aliphatic carbocycles. The Balaban J connectivity index is 2.05. The molecule has 0 saturated carbocycles. The van der Waals surface area contributed by atoms with Crippen molar-refractivity contribution >= 4 is 15.5 Å². The summed E-state index contributed by atoms with van der Waals surface area (Å²) in [5, 5.41) is 3.40. The van der Waals surface area contributed by atoms with Crippen LogP contribution >= 0.6 is 0 Å². The van der Waals surface area contributed by atoms with Crippen LogP contribution in [0, 0.1) is 0 Å². The number of sulfone groups is 1. The van der Waals surface area contributed by atoms with Gasteiger partial charge in [0.05, 0.1) is 17.2 Å². The van der Waals surface area contributed by atoms with Crippen LogP contribution in [0.5, 0.6) is 0 Å². The number of nitrogens with zero attached hydrogens (tertiary/aromatic N) is 1. The summed E-state index contributed by atoms with van der Waals surface area (Å²) < 4.78 is 28.8. The minimum atomic E-state index is -3.21. The van der Waals surface area contributed by atoms with E-state index in [9.17, 15) is 8.42 Å². The van der Waals surface area contributed by atoms with Crippen molar-refractivity contribution in [3.63, 3.8) is 0 Å². The Hall–Kier alpha value is -1.11. The number of anilines is 1. The normalized spacial score (nSPS) is 20.4. The van der Waals surface area contributed by atoms with Crippen molar-refractivity contribution < 1.29 is 13.2 Å². The van der Waals surface area contributed by atoms with Gasteiger partial charge in [-0.25, -0.2) is 8.42 Å². The van der Waals surface area contributed by atoms with Crippen molar-refractivity contribution in [2.45, 2.75) is 23.8 Å². The number of para-hydroxylation sites is 1. The van der Waals surface area contributed by atoms with E-state index in [4.69, 9.17) is 4.74 Å². The molecule has 1 aromatic rings. The van der Waals surface area contributed by atoms with E-state index in [0.29, 0.717) is 10.6 Å². The highest BCUT2D eigenvalue weighted by atomic mass is 32.2. The minimum Gasteiger partial charge on any atom is -0.383 e. The van der Waals surface area contributed by atoms with Crippen LogP contribution in [0.25, 0.3) is 0 Å². The van der Waals surface area contributed by atoms with Crippen LogP contribution in [0.3, 0.4) is 0 Å². The summed E-state index contributed by atoms with van der Waals surface area (Å²) in [5.74, 6) is 0. The first-order valence-electron chi connectivity index (χ1n) is 7.27. The van der Waals surface area contributed by atoms with Gasteiger partial charge in [0.15, 0.2) is 9.84 Å². The fourth-order valence-electron chi connectivity index (χ4n) is 2.73. The molecule has 0 radical (unpaired) electrons. The second-order valence-electron chi connectivity index (χ2n) is 5.55. The van der Waals surface area contributed by atoms with Gasteiger partial charge in [-0.15, -0.1) is 0 Å². The van der Waals surface area contributed by atoms with E-state index in [2.05, 4.69) is 10.2 Å². The Labute approximate surface area is 127 Å². The summed E-state index contributed by atoms with van der Waals surface area (Å²) in [4.78, 5) is 2.73. The summed E-state index contributed by atoms with van der Waals surface area (Å²) in [6, 6.07) is 7.39. The highest BCUT2D eigenvalue weighted by Gasteiger charge is 2.21. The van der Waals surface area contributed by atoms with Gasteiger partial charge in [0.2, 0.25) is 0 Å². The summed E-state index contributed by atoms with van der Waals surface area (Å²) in [5.41, 5.74) is 0.707. The molecule has 6 heteroatoms. The fourth-order valence-corrected chi connectivity index (χ4v) is 3.58. The van der Waals surface area contributed by atoms with Gasteiger partial charge >= 0.3 is 0 Å². The van der Waals surface area contributed by atoms with Crippen LogP contribution in [-0.2, 0) is 14.6 Å². The van der Waals surface area contributed by atoms with Crippen molar-refractivity contribution in [3.8, 4) is 0 Å². The maximum atomic E-state index is 11.8. The second-order valence-corrected chi connectivity index (χ2v) is 7.53. The van der Waals surface area contributed by atoms with Crippen LogP contribution < -0.4 is 5.32 Å². The topological polar surface area (TPSA) is 58.6 Å². The number of hydrogen-bond donors (Lipinski definition) is 1. The number of benzene rings is 1. The molecule has 1 heterocycles. The molecule has 0 aromatic heterocycles. The van der Waals surface area contributed by atoms with Crippen LogP contribution in [-0.4, -0.2) is 59.0 Å². The monoisotopic (exact) mass is 312 g/mol. The number of nitrogens with one attached hydrogen (secondary N) is 1. The Kier molecular flexibility index (Phi) is 5.61. The average molecular weight is 312 g/mol. The maximum absolute atomic E-state index is 11.8. The Morgan fingerprint density at radius 2 is 2.14 bits per heavy atom. The third-order valence-electron chi connectivity index (χ3n) is 3.76. The average Bonchev–Trinajstić information content (AvgIpc) is 2.45. The molecule has 0 amide bonds. The number of hydrogen-bond acceptors (Lipinski definition) is 5. The van der Waals surface area contributed by atoms with E-state index in [1.165, 1.54) is 6.26 Å². The lowest BCUT2D eigenvalue weighted by molar-refractivity contribution is 0.131. The molecular formula is C15H24N2O3S. The van der Waals surface area contributed by atoms with Gasteiger partial charge in [-0.3, -0.25) is 4.90 Å². The fraction of sp³-hybridized carbons (Fsp3) is 0.600. The van der Waals surface area contributed by atoms with Gasteiger partial charge in [-0.1, -0.05) is 12.1 Å². The van der Waals surface area contributed by atoms with E-state index in [1.807, 2.05) is 12.1 Å². The van der Waals surface area contributed by atoms with Crippen LogP contribution in [0.4, 0.5) is 5.69 Å². The number of likely N-dealkylation sites (tertiary alicyclic amines) is 1. The maximum Gasteiger partial charge on any atom is 0.177 e. The minimum absolute atomic E-state index is 0.276. The number of methoxy groups -OCH3 is 1. The summed E-state index contributed by atoms with van der Waals surface area (Å²) >= 11 is 0. The molecule has 21 heavy (non-hydrogen) atoms. The zero-order chi connectivity index (χ0) is 15.3. The van der Waals surface area contributed by atoms with Crippen molar-refractivity contribution in [1.82, 2.24) is 4.90 Å². The molecule has 1 fully saturated rings. The van der Waals surface area contributed by atoms with E-state index >= 15 is 0 Å². The molecule has 2 rings (SSSR count). The van der Waals surface area contributed by atoms with Gasteiger partial charge in [0.25, 0.3) is 0 Å². The van der Waals surface area contributed by atoms with E-state index in [1.54, 1.807) is 19.2 Å². The smallest absolute Gasteiger partial charge is 0.177 e. The van der Waals surface area contributed by atoms with Crippen LogP contribution in [0.2, 0.25) is 0 Å². The lowest BCUT2D eigenvalue weighted by Crippen LogP contribution is -2.43. The highest BCUT2D eigenvalue weighted by Crippen LogP contribution is 2.23. The Morgan fingerprint density at radius 3 is 2.86 bits per heavy atom. The lowest BCUT2D eigenvalue weighted by atomic mass is 10.1. The molecule has 1 aliphatic heterocycles. The molecule has 1 atom stereocenters. The summed E-state index contributed by atoms with van der Waals surface area (Å²) in [6.45, 7) is 3.64. The molecule has 5 nitrogen and oxygen atoms in total. The van der Waals surface area contributed by atoms with Crippen molar-refractivity contribution in [2.75, 3.05) is 44.9 Å². The first-order chi connectivity index (χ1) is 10.0. The van der Waals surface area contributed by atoms with E-state index < -0.39 is 9.84 Å². The third-order valence-corrected chi connectivity index (χ3v) is 4.92. The predicted molar refractivity (Wildman–Crippen MR) is 84.5 cm³/mol. The molecule has 1 aromatic carbocycles. The molecule has 1 saturated heterocycles. The van der Waals surface area contributed by atoms with Gasteiger partial charge < -0.3 is 10.1 Å². The van der Waals surface area contributed by atoms with Crippen molar-refractivity contribution in [1.29, 1.82) is 0 Å². The first-order valence-corrected chi connectivity index (χ1v) is 9.17.